The van der Waals surface area contributed by atoms with E-state index in [-0.39, 0.29) is 6.04 Å². The summed E-state index contributed by atoms with van der Waals surface area (Å²) in [6.07, 6.45) is 0. The summed E-state index contributed by atoms with van der Waals surface area (Å²) < 4.78 is 0. The molecule has 60 valence electrons. The molecule has 0 aromatic heterocycles. The van der Waals surface area contributed by atoms with Crippen molar-refractivity contribution in [3.05, 3.63) is 12.2 Å². The summed E-state index contributed by atoms with van der Waals surface area (Å²) in [6, 6.07) is 0.136. The highest BCUT2D eigenvalue weighted by molar-refractivity contribution is 5.06. The van der Waals surface area contributed by atoms with Crippen LogP contribution in [0, 0.1) is 11.8 Å². The molecule has 10 heavy (non-hydrogen) atoms. The van der Waals surface area contributed by atoms with Gasteiger partial charge in [0.25, 0.3) is 0 Å². The van der Waals surface area contributed by atoms with Crippen molar-refractivity contribution in [1.82, 2.24) is 0 Å². The third kappa shape index (κ3) is 2.53. The fourth-order valence-corrected chi connectivity index (χ4v) is 0.843. The average Bonchev–Trinajstić information content (AvgIpc) is 1.84. The van der Waals surface area contributed by atoms with Gasteiger partial charge in [0.15, 0.2) is 0 Å². The Balaban J connectivity index is 3.95. The topological polar surface area (TPSA) is 26.0 Å². The van der Waals surface area contributed by atoms with Crippen molar-refractivity contribution in [2.75, 3.05) is 0 Å². The summed E-state index contributed by atoms with van der Waals surface area (Å²) in [5, 5.41) is 0. The van der Waals surface area contributed by atoms with Crippen molar-refractivity contribution in [1.29, 1.82) is 0 Å². The molecule has 2 atom stereocenters. The van der Waals surface area contributed by atoms with Crippen molar-refractivity contribution >= 4 is 0 Å². The maximum absolute atomic E-state index is 5.68. The predicted octanol–water partition coefficient (Wildman–Crippen LogP) is 2.18. The van der Waals surface area contributed by atoms with Crippen LogP contribution >= 0.6 is 0 Å². The molecular weight excluding hydrogens is 122 g/mol. The standard InChI is InChI=1S/C9H19N/c1-6(2)7(3)8(4)9(5)10/h6-7,9H,4,10H2,1-3,5H3/t7-,9?/m0/s1. The Morgan fingerprint density at radius 1 is 1.20 bits per heavy atom. The first-order valence-electron chi connectivity index (χ1n) is 3.91. The van der Waals surface area contributed by atoms with Gasteiger partial charge in [0, 0.05) is 6.04 Å². The molecule has 0 spiro atoms. The van der Waals surface area contributed by atoms with Crippen LogP contribution in [-0.2, 0) is 0 Å². The SMILES string of the molecule is C=C(C(C)N)[C@@H](C)C(C)C. The van der Waals surface area contributed by atoms with Gasteiger partial charge in [0.05, 0.1) is 0 Å². The summed E-state index contributed by atoms with van der Waals surface area (Å²) in [5.74, 6) is 1.19. The van der Waals surface area contributed by atoms with E-state index in [1.165, 1.54) is 0 Å². The number of hydrogen-bond donors (Lipinski definition) is 1. The number of hydrogen-bond acceptors (Lipinski definition) is 1. The molecule has 1 nitrogen and oxygen atoms in total. The number of rotatable bonds is 3. The van der Waals surface area contributed by atoms with Crippen molar-refractivity contribution in [2.45, 2.75) is 33.7 Å². The molecule has 0 aromatic rings. The average molecular weight is 141 g/mol. The fraction of sp³-hybridized carbons (Fsp3) is 0.778. The summed E-state index contributed by atoms with van der Waals surface area (Å²) >= 11 is 0. The molecule has 0 aromatic carbocycles. The van der Waals surface area contributed by atoms with Gasteiger partial charge in [-0.25, -0.2) is 0 Å². The molecule has 0 saturated heterocycles. The quantitative estimate of drug-likeness (QED) is 0.599. The Labute approximate surface area is 64.3 Å². The lowest BCUT2D eigenvalue weighted by Gasteiger charge is -2.20. The third-order valence-electron chi connectivity index (χ3n) is 2.17. The second-order valence-electron chi connectivity index (χ2n) is 3.40. The van der Waals surface area contributed by atoms with Crippen LogP contribution < -0.4 is 5.73 Å². The Bertz CT molecular complexity index is 114. The van der Waals surface area contributed by atoms with Gasteiger partial charge in [-0.1, -0.05) is 32.9 Å². The molecule has 0 amide bonds. The van der Waals surface area contributed by atoms with Crippen LogP contribution in [0.4, 0.5) is 0 Å². The van der Waals surface area contributed by atoms with E-state index in [1.807, 2.05) is 6.92 Å². The molecule has 0 aliphatic rings. The second kappa shape index (κ2) is 3.77. The fourth-order valence-electron chi connectivity index (χ4n) is 0.843. The minimum absolute atomic E-state index is 0.136. The molecule has 0 heterocycles. The second-order valence-corrected chi connectivity index (χ2v) is 3.40. The molecule has 1 heteroatoms. The van der Waals surface area contributed by atoms with Crippen molar-refractivity contribution in [3.8, 4) is 0 Å². The zero-order valence-corrected chi connectivity index (χ0v) is 7.52. The van der Waals surface area contributed by atoms with E-state index in [4.69, 9.17) is 5.73 Å². The van der Waals surface area contributed by atoms with E-state index >= 15 is 0 Å². The Hall–Kier alpha value is -0.300. The molecule has 2 N–H and O–H groups in total. The summed E-state index contributed by atoms with van der Waals surface area (Å²) in [5.41, 5.74) is 6.84. The van der Waals surface area contributed by atoms with Crippen molar-refractivity contribution in [3.63, 3.8) is 0 Å². The Morgan fingerprint density at radius 2 is 1.60 bits per heavy atom. The molecule has 0 rings (SSSR count). The lowest BCUT2D eigenvalue weighted by atomic mass is 9.88. The molecule has 0 fully saturated rings. The highest BCUT2D eigenvalue weighted by Gasteiger charge is 2.13. The molecule has 0 aliphatic heterocycles. The number of nitrogens with two attached hydrogens (primary N) is 1. The summed E-state index contributed by atoms with van der Waals surface area (Å²) in [6.45, 7) is 12.5. The lowest BCUT2D eigenvalue weighted by Crippen LogP contribution is -2.23. The molecule has 0 bridgehead atoms. The minimum Gasteiger partial charge on any atom is -0.324 e. The first kappa shape index (κ1) is 9.70. The molecule has 0 saturated carbocycles. The van der Waals surface area contributed by atoms with E-state index in [0.29, 0.717) is 11.8 Å². The first-order chi connectivity index (χ1) is 4.46. The largest absolute Gasteiger partial charge is 0.324 e. The van der Waals surface area contributed by atoms with E-state index in [1.54, 1.807) is 0 Å². The lowest BCUT2D eigenvalue weighted by molar-refractivity contribution is 0.460. The van der Waals surface area contributed by atoms with Crippen LogP contribution in [0.15, 0.2) is 12.2 Å². The smallest absolute Gasteiger partial charge is 0.0224 e. The molecule has 0 radical (unpaired) electrons. The van der Waals surface area contributed by atoms with E-state index in [2.05, 4.69) is 27.4 Å². The van der Waals surface area contributed by atoms with Crippen LogP contribution in [0.2, 0.25) is 0 Å². The highest BCUT2D eigenvalue weighted by atomic mass is 14.6. The summed E-state index contributed by atoms with van der Waals surface area (Å²) in [7, 11) is 0. The van der Waals surface area contributed by atoms with Gasteiger partial charge in [0.2, 0.25) is 0 Å². The van der Waals surface area contributed by atoms with Crippen LogP contribution in [0.1, 0.15) is 27.7 Å². The zero-order chi connectivity index (χ0) is 8.31. The van der Waals surface area contributed by atoms with Crippen LogP contribution in [0.5, 0.6) is 0 Å². The minimum atomic E-state index is 0.136. The third-order valence-corrected chi connectivity index (χ3v) is 2.17. The van der Waals surface area contributed by atoms with Gasteiger partial charge < -0.3 is 5.73 Å². The molecular formula is C9H19N. The van der Waals surface area contributed by atoms with E-state index in [0.717, 1.165) is 5.57 Å². The van der Waals surface area contributed by atoms with Gasteiger partial charge >= 0.3 is 0 Å². The monoisotopic (exact) mass is 141 g/mol. The predicted molar refractivity (Wildman–Crippen MR) is 46.8 cm³/mol. The van der Waals surface area contributed by atoms with Crippen molar-refractivity contribution in [2.24, 2.45) is 17.6 Å². The highest BCUT2D eigenvalue weighted by Crippen LogP contribution is 2.19. The van der Waals surface area contributed by atoms with Gasteiger partial charge in [-0.15, -0.1) is 0 Å². The first-order valence-corrected chi connectivity index (χ1v) is 3.91. The normalized spacial score (nSPS) is 17.0. The van der Waals surface area contributed by atoms with E-state index in [9.17, 15) is 0 Å². The van der Waals surface area contributed by atoms with Gasteiger partial charge in [-0.05, 0) is 18.8 Å². The maximum atomic E-state index is 5.68. The molecule has 1 unspecified atom stereocenters. The summed E-state index contributed by atoms with van der Waals surface area (Å²) in [4.78, 5) is 0. The van der Waals surface area contributed by atoms with Gasteiger partial charge in [-0.3, -0.25) is 0 Å². The molecule has 0 aliphatic carbocycles. The van der Waals surface area contributed by atoms with Gasteiger partial charge in [0.1, 0.15) is 0 Å². The van der Waals surface area contributed by atoms with E-state index < -0.39 is 0 Å². The Kier molecular flexibility index (Phi) is 3.66. The Morgan fingerprint density at radius 3 is 1.70 bits per heavy atom. The van der Waals surface area contributed by atoms with Crippen LogP contribution in [0.25, 0.3) is 0 Å². The van der Waals surface area contributed by atoms with Gasteiger partial charge in [-0.2, -0.15) is 0 Å². The van der Waals surface area contributed by atoms with Crippen LogP contribution in [-0.4, -0.2) is 6.04 Å². The van der Waals surface area contributed by atoms with Crippen LogP contribution in [0.3, 0.4) is 0 Å². The van der Waals surface area contributed by atoms with Crippen molar-refractivity contribution < 1.29 is 0 Å². The zero-order valence-electron chi connectivity index (χ0n) is 7.52. The maximum Gasteiger partial charge on any atom is 0.0224 e.